The topological polar surface area (TPSA) is 94.6 Å². The molecule has 148 valence electrons. The molecule has 0 saturated heterocycles. The Hall–Kier alpha value is -3.81. The second kappa shape index (κ2) is 8.47. The number of fused-ring (bicyclic) bond motifs is 1. The van der Waals surface area contributed by atoms with Gasteiger partial charge >= 0.3 is 0 Å². The Balaban J connectivity index is 1.37. The molecule has 1 aromatic heterocycles. The molecule has 0 atom stereocenters. The van der Waals surface area contributed by atoms with Gasteiger partial charge in [-0.25, -0.2) is 0 Å². The summed E-state index contributed by atoms with van der Waals surface area (Å²) in [6, 6.07) is 16.3. The summed E-state index contributed by atoms with van der Waals surface area (Å²) in [5, 5.41) is 14.1. The van der Waals surface area contributed by atoms with Crippen LogP contribution in [0.15, 0.2) is 54.6 Å². The molecule has 1 aliphatic heterocycles. The second-order valence-electron chi connectivity index (χ2n) is 6.23. The molecule has 3 aromatic rings. The number of nitrogens with zero attached hydrogens (tertiary/aromatic N) is 2. The van der Waals surface area contributed by atoms with Gasteiger partial charge in [-0.3, -0.25) is 4.79 Å². The van der Waals surface area contributed by atoms with E-state index in [-0.39, 0.29) is 18.4 Å². The fourth-order valence-electron chi connectivity index (χ4n) is 2.83. The van der Waals surface area contributed by atoms with Crippen molar-refractivity contribution in [3.8, 4) is 17.2 Å². The number of amides is 1. The number of nitrogens with one attached hydrogen (secondary N) is 2. The zero-order chi connectivity index (χ0) is 20.1. The molecule has 0 unspecified atom stereocenters. The number of hydrogen-bond acceptors (Lipinski definition) is 7. The zero-order valence-corrected chi connectivity index (χ0v) is 15.8. The van der Waals surface area contributed by atoms with Crippen LogP contribution in [0.25, 0.3) is 0 Å². The van der Waals surface area contributed by atoms with Crippen LogP contribution in [0.4, 0.5) is 11.5 Å². The third kappa shape index (κ3) is 4.37. The predicted octanol–water partition coefficient (Wildman–Crippen LogP) is 3.47. The van der Waals surface area contributed by atoms with E-state index in [0.717, 1.165) is 17.1 Å². The number of aromatic nitrogens is 2. The van der Waals surface area contributed by atoms with E-state index in [1.165, 1.54) is 0 Å². The Morgan fingerprint density at radius 1 is 1.07 bits per heavy atom. The van der Waals surface area contributed by atoms with Crippen LogP contribution in [0.3, 0.4) is 0 Å². The van der Waals surface area contributed by atoms with Gasteiger partial charge in [0, 0.05) is 6.54 Å². The van der Waals surface area contributed by atoms with E-state index in [0.29, 0.717) is 30.4 Å². The van der Waals surface area contributed by atoms with Crippen molar-refractivity contribution in [3.63, 3.8) is 0 Å². The minimum absolute atomic E-state index is 0.213. The molecule has 0 saturated carbocycles. The Labute approximate surface area is 167 Å². The summed E-state index contributed by atoms with van der Waals surface area (Å²) in [5.41, 5.74) is 1.82. The van der Waals surface area contributed by atoms with Crippen molar-refractivity contribution in [2.45, 2.75) is 13.5 Å². The molecular weight excluding hydrogens is 372 g/mol. The molecule has 0 bridgehead atoms. The van der Waals surface area contributed by atoms with Crippen LogP contribution in [0.1, 0.15) is 23.0 Å². The molecule has 1 aliphatic rings. The van der Waals surface area contributed by atoms with Crippen LogP contribution in [0.5, 0.6) is 17.2 Å². The lowest BCUT2D eigenvalue weighted by atomic mass is 10.2. The fraction of sp³-hybridized carbons (Fsp3) is 0.190. The largest absolute Gasteiger partial charge is 0.492 e. The number of hydrogen-bond donors (Lipinski definition) is 2. The van der Waals surface area contributed by atoms with Gasteiger partial charge in [-0.1, -0.05) is 18.2 Å². The highest BCUT2D eigenvalue weighted by Gasteiger charge is 2.14. The first-order valence-corrected chi connectivity index (χ1v) is 9.22. The van der Waals surface area contributed by atoms with Crippen molar-refractivity contribution < 1.29 is 19.0 Å². The van der Waals surface area contributed by atoms with E-state index in [9.17, 15) is 4.79 Å². The molecule has 4 rings (SSSR count). The van der Waals surface area contributed by atoms with Crippen LogP contribution in [-0.2, 0) is 6.54 Å². The van der Waals surface area contributed by atoms with Crippen LogP contribution in [-0.4, -0.2) is 29.5 Å². The third-order valence-electron chi connectivity index (χ3n) is 4.24. The predicted molar refractivity (Wildman–Crippen MR) is 107 cm³/mol. The van der Waals surface area contributed by atoms with Crippen LogP contribution >= 0.6 is 0 Å². The molecule has 8 heteroatoms. The highest BCUT2D eigenvalue weighted by atomic mass is 16.7. The summed E-state index contributed by atoms with van der Waals surface area (Å²) in [6.07, 6.45) is 0. The van der Waals surface area contributed by atoms with E-state index in [4.69, 9.17) is 14.2 Å². The number of carbonyl (C=O) groups is 1. The first kappa shape index (κ1) is 18.5. The summed E-state index contributed by atoms with van der Waals surface area (Å²) in [7, 11) is 0. The smallest absolute Gasteiger partial charge is 0.276 e. The van der Waals surface area contributed by atoms with Crippen molar-refractivity contribution >= 4 is 17.4 Å². The maximum Gasteiger partial charge on any atom is 0.276 e. The van der Waals surface area contributed by atoms with Gasteiger partial charge in [-0.05, 0) is 48.9 Å². The number of anilines is 2. The van der Waals surface area contributed by atoms with Gasteiger partial charge in [-0.15, -0.1) is 10.2 Å². The third-order valence-corrected chi connectivity index (χ3v) is 4.24. The molecule has 29 heavy (non-hydrogen) atoms. The summed E-state index contributed by atoms with van der Waals surface area (Å²) >= 11 is 0. The molecular formula is C21H20N4O4. The molecule has 0 radical (unpaired) electrons. The molecule has 0 aliphatic carbocycles. The number of ether oxygens (including phenoxy) is 3. The SMILES string of the molecule is CCOc1ccccc1NC(=O)c1ccc(NCc2ccc3c(c2)OCO3)nn1. The van der Waals surface area contributed by atoms with Gasteiger partial charge in [0.25, 0.3) is 5.91 Å². The van der Waals surface area contributed by atoms with E-state index in [1.807, 2.05) is 37.3 Å². The van der Waals surface area contributed by atoms with E-state index >= 15 is 0 Å². The van der Waals surface area contributed by atoms with Gasteiger partial charge in [-0.2, -0.15) is 0 Å². The van der Waals surface area contributed by atoms with E-state index in [2.05, 4.69) is 20.8 Å². The van der Waals surface area contributed by atoms with Gasteiger partial charge in [0.2, 0.25) is 6.79 Å². The van der Waals surface area contributed by atoms with Gasteiger partial charge in [0.05, 0.1) is 12.3 Å². The van der Waals surface area contributed by atoms with Gasteiger partial charge in [0.1, 0.15) is 11.6 Å². The number of benzene rings is 2. The lowest BCUT2D eigenvalue weighted by molar-refractivity contribution is 0.102. The standard InChI is InChI=1S/C21H20N4O4/c1-2-27-17-6-4-3-5-15(17)23-21(26)16-8-10-20(25-24-16)22-12-14-7-9-18-19(11-14)29-13-28-18/h3-11H,2,12-13H2,1H3,(H,22,25)(H,23,26). The minimum Gasteiger partial charge on any atom is -0.492 e. The summed E-state index contributed by atoms with van der Waals surface area (Å²) in [4.78, 5) is 12.5. The van der Waals surface area contributed by atoms with Crippen molar-refractivity contribution in [1.29, 1.82) is 0 Å². The Bertz CT molecular complexity index is 1010. The zero-order valence-electron chi connectivity index (χ0n) is 15.8. The lowest BCUT2D eigenvalue weighted by Crippen LogP contribution is -2.15. The Morgan fingerprint density at radius 3 is 2.76 bits per heavy atom. The first-order valence-electron chi connectivity index (χ1n) is 9.22. The molecule has 0 fully saturated rings. The van der Waals surface area contributed by atoms with Crippen molar-refractivity contribution in [2.75, 3.05) is 24.0 Å². The maximum absolute atomic E-state index is 12.5. The van der Waals surface area contributed by atoms with Crippen molar-refractivity contribution in [3.05, 3.63) is 65.9 Å². The molecule has 8 nitrogen and oxygen atoms in total. The Morgan fingerprint density at radius 2 is 1.93 bits per heavy atom. The van der Waals surface area contributed by atoms with Gasteiger partial charge < -0.3 is 24.8 Å². The maximum atomic E-state index is 12.5. The molecule has 0 spiro atoms. The molecule has 1 amide bonds. The molecule has 2 aromatic carbocycles. The van der Waals surface area contributed by atoms with Crippen molar-refractivity contribution in [1.82, 2.24) is 10.2 Å². The van der Waals surface area contributed by atoms with Crippen LogP contribution in [0, 0.1) is 0 Å². The van der Waals surface area contributed by atoms with E-state index < -0.39 is 0 Å². The normalized spacial score (nSPS) is 11.8. The summed E-state index contributed by atoms with van der Waals surface area (Å²) < 4.78 is 16.2. The lowest BCUT2D eigenvalue weighted by Gasteiger charge is -2.11. The second-order valence-corrected chi connectivity index (χ2v) is 6.23. The highest BCUT2D eigenvalue weighted by Crippen LogP contribution is 2.32. The fourth-order valence-corrected chi connectivity index (χ4v) is 2.83. The number of carbonyl (C=O) groups excluding carboxylic acids is 1. The highest BCUT2D eigenvalue weighted by molar-refractivity contribution is 6.03. The Kier molecular flexibility index (Phi) is 5.42. The van der Waals surface area contributed by atoms with Crippen LogP contribution in [0.2, 0.25) is 0 Å². The number of para-hydroxylation sites is 2. The summed E-state index contributed by atoms with van der Waals surface area (Å²) in [6.45, 7) is 3.19. The molecule has 2 N–H and O–H groups in total. The quantitative estimate of drug-likeness (QED) is 0.636. The van der Waals surface area contributed by atoms with Crippen LogP contribution < -0.4 is 24.8 Å². The average Bonchev–Trinajstić information content (AvgIpc) is 3.22. The average molecular weight is 392 g/mol. The number of rotatable bonds is 7. The van der Waals surface area contributed by atoms with Crippen molar-refractivity contribution in [2.24, 2.45) is 0 Å². The first-order chi connectivity index (χ1) is 14.2. The van der Waals surface area contributed by atoms with Gasteiger partial charge in [0.15, 0.2) is 17.2 Å². The monoisotopic (exact) mass is 392 g/mol. The minimum atomic E-state index is -0.355. The summed E-state index contributed by atoms with van der Waals surface area (Å²) in [5.74, 6) is 2.30. The van der Waals surface area contributed by atoms with E-state index in [1.54, 1.807) is 24.3 Å². The molecule has 2 heterocycles.